The molecule has 1 amide bonds. The molecular weight excluding hydrogens is 297 g/mol. The van der Waals surface area contributed by atoms with Crippen LogP contribution in [0.5, 0.6) is 0 Å². The first-order chi connectivity index (χ1) is 9.60. The molecule has 0 spiro atoms. The number of carbonyl (C=O) groups excluding carboxylic acids is 1. The van der Waals surface area contributed by atoms with Gasteiger partial charge in [0.2, 0.25) is 0 Å². The molecule has 2 N–H and O–H groups in total. The molecule has 0 aliphatic heterocycles. The van der Waals surface area contributed by atoms with Gasteiger partial charge in [0.25, 0.3) is 5.91 Å². The van der Waals surface area contributed by atoms with Gasteiger partial charge in [-0.15, -0.1) is 0 Å². The van der Waals surface area contributed by atoms with Crippen molar-refractivity contribution in [1.29, 1.82) is 0 Å². The van der Waals surface area contributed by atoms with Crippen LogP contribution in [0.15, 0.2) is 42.5 Å². The van der Waals surface area contributed by atoms with Crippen LogP contribution < -0.4 is 5.32 Å². The zero-order valence-corrected chi connectivity index (χ0v) is 12.1. The fraction of sp³-hybridized carbons (Fsp3) is 0.133. The van der Waals surface area contributed by atoms with Crippen molar-refractivity contribution in [1.82, 2.24) is 5.32 Å². The van der Waals surface area contributed by atoms with Crippen LogP contribution in [0.2, 0.25) is 10.0 Å². The molecule has 0 fully saturated rings. The highest BCUT2D eigenvalue weighted by molar-refractivity contribution is 6.42. The summed E-state index contributed by atoms with van der Waals surface area (Å²) < 4.78 is 0. The molecule has 0 aromatic heterocycles. The largest absolute Gasteiger partial charge is 0.392 e. The Kier molecular flexibility index (Phi) is 5.01. The minimum Gasteiger partial charge on any atom is -0.392 e. The van der Waals surface area contributed by atoms with Crippen molar-refractivity contribution in [3.63, 3.8) is 0 Å². The average molecular weight is 310 g/mol. The number of benzene rings is 2. The molecule has 0 atom stereocenters. The van der Waals surface area contributed by atoms with Crippen LogP contribution in [0.25, 0.3) is 0 Å². The van der Waals surface area contributed by atoms with Crippen molar-refractivity contribution in [3.05, 3.63) is 69.2 Å². The lowest BCUT2D eigenvalue weighted by Gasteiger charge is -2.07. The molecule has 0 radical (unpaired) electrons. The number of hydrogen-bond acceptors (Lipinski definition) is 2. The minimum absolute atomic E-state index is 0.0193. The van der Waals surface area contributed by atoms with E-state index in [4.69, 9.17) is 28.3 Å². The number of rotatable bonds is 4. The first kappa shape index (κ1) is 14.9. The Morgan fingerprint density at radius 1 is 1.05 bits per heavy atom. The lowest BCUT2D eigenvalue weighted by Crippen LogP contribution is -2.22. The third kappa shape index (κ3) is 3.73. The normalized spacial score (nSPS) is 10.3. The number of carbonyl (C=O) groups is 1. The molecule has 0 saturated heterocycles. The Hall–Kier alpha value is -1.55. The van der Waals surface area contributed by atoms with Crippen LogP contribution in [-0.2, 0) is 13.2 Å². The summed E-state index contributed by atoms with van der Waals surface area (Å²) in [5.41, 5.74) is 2.19. The zero-order valence-electron chi connectivity index (χ0n) is 10.6. The molecule has 0 bridgehead atoms. The smallest absolute Gasteiger partial charge is 0.251 e. The maximum absolute atomic E-state index is 12.0. The second-order valence-corrected chi connectivity index (χ2v) is 5.10. The highest BCUT2D eigenvalue weighted by Crippen LogP contribution is 2.22. The van der Waals surface area contributed by atoms with Gasteiger partial charge in [0.1, 0.15) is 0 Å². The monoisotopic (exact) mass is 309 g/mol. The van der Waals surface area contributed by atoms with Crippen LogP contribution in [-0.4, -0.2) is 11.0 Å². The van der Waals surface area contributed by atoms with Crippen LogP contribution in [0.3, 0.4) is 0 Å². The van der Waals surface area contributed by atoms with Gasteiger partial charge in [0, 0.05) is 12.1 Å². The molecule has 0 unspecified atom stereocenters. The SMILES string of the molecule is O=C(NCc1cccc(CO)c1)c1ccc(Cl)c(Cl)c1. The maximum Gasteiger partial charge on any atom is 0.251 e. The van der Waals surface area contributed by atoms with E-state index in [9.17, 15) is 4.79 Å². The summed E-state index contributed by atoms with van der Waals surface area (Å²) in [6.45, 7) is 0.363. The predicted octanol–water partition coefficient (Wildman–Crippen LogP) is 3.42. The maximum atomic E-state index is 12.0. The number of hydrogen-bond donors (Lipinski definition) is 2. The zero-order chi connectivity index (χ0) is 14.5. The van der Waals surface area contributed by atoms with E-state index in [0.717, 1.165) is 11.1 Å². The van der Waals surface area contributed by atoms with Gasteiger partial charge in [-0.25, -0.2) is 0 Å². The molecule has 0 heterocycles. The summed E-state index contributed by atoms with van der Waals surface area (Å²) in [5.74, 6) is -0.224. The van der Waals surface area contributed by atoms with Gasteiger partial charge < -0.3 is 10.4 Å². The van der Waals surface area contributed by atoms with E-state index in [1.54, 1.807) is 12.1 Å². The van der Waals surface area contributed by atoms with E-state index in [1.165, 1.54) is 6.07 Å². The molecule has 0 saturated carbocycles. The number of nitrogens with one attached hydrogen (secondary N) is 1. The Balaban J connectivity index is 2.02. The van der Waals surface area contributed by atoms with Crippen LogP contribution in [0.1, 0.15) is 21.5 Å². The summed E-state index contributed by atoms with van der Waals surface area (Å²) in [7, 11) is 0. The van der Waals surface area contributed by atoms with Crippen molar-refractivity contribution in [2.24, 2.45) is 0 Å². The van der Waals surface area contributed by atoms with E-state index >= 15 is 0 Å². The summed E-state index contributed by atoms with van der Waals surface area (Å²) in [4.78, 5) is 12.0. The summed E-state index contributed by atoms with van der Waals surface area (Å²) in [6, 6.07) is 12.1. The third-order valence-corrected chi connectivity index (χ3v) is 3.55. The molecule has 0 aliphatic carbocycles. The van der Waals surface area contributed by atoms with Crippen molar-refractivity contribution in [2.75, 3.05) is 0 Å². The molecule has 20 heavy (non-hydrogen) atoms. The Labute approximate surface area is 127 Å². The molecule has 2 rings (SSSR count). The van der Waals surface area contributed by atoms with Gasteiger partial charge in [-0.1, -0.05) is 47.5 Å². The Bertz CT molecular complexity index is 629. The van der Waals surface area contributed by atoms with Crippen LogP contribution in [0, 0.1) is 0 Å². The molecule has 5 heteroatoms. The lowest BCUT2D eigenvalue weighted by atomic mass is 10.1. The average Bonchev–Trinajstić information content (AvgIpc) is 2.47. The van der Waals surface area contributed by atoms with Crippen molar-refractivity contribution in [3.8, 4) is 0 Å². The summed E-state index contributed by atoms with van der Waals surface area (Å²) in [5, 5.41) is 12.6. The highest BCUT2D eigenvalue weighted by atomic mass is 35.5. The number of amides is 1. The van der Waals surface area contributed by atoms with E-state index in [0.29, 0.717) is 22.2 Å². The van der Waals surface area contributed by atoms with Gasteiger partial charge in [-0.3, -0.25) is 4.79 Å². The van der Waals surface area contributed by atoms with Gasteiger partial charge in [-0.2, -0.15) is 0 Å². The van der Waals surface area contributed by atoms with Crippen molar-refractivity contribution in [2.45, 2.75) is 13.2 Å². The highest BCUT2D eigenvalue weighted by Gasteiger charge is 2.07. The minimum atomic E-state index is -0.224. The third-order valence-electron chi connectivity index (χ3n) is 2.81. The molecule has 2 aromatic rings. The van der Waals surface area contributed by atoms with E-state index in [-0.39, 0.29) is 12.5 Å². The van der Waals surface area contributed by atoms with Gasteiger partial charge >= 0.3 is 0 Å². The van der Waals surface area contributed by atoms with Crippen LogP contribution in [0.4, 0.5) is 0 Å². The lowest BCUT2D eigenvalue weighted by molar-refractivity contribution is 0.0951. The predicted molar refractivity (Wildman–Crippen MR) is 80.0 cm³/mol. The fourth-order valence-electron chi connectivity index (χ4n) is 1.76. The number of halogens is 2. The van der Waals surface area contributed by atoms with Crippen molar-refractivity contribution >= 4 is 29.1 Å². The molecule has 3 nitrogen and oxygen atoms in total. The molecule has 0 aliphatic rings. The van der Waals surface area contributed by atoms with E-state index in [1.807, 2.05) is 24.3 Å². The molecule has 2 aromatic carbocycles. The second-order valence-electron chi connectivity index (χ2n) is 4.29. The number of aliphatic hydroxyl groups is 1. The Morgan fingerprint density at radius 3 is 2.50 bits per heavy atom. The van der Waals surface area contributed by atoms with Gasteiger partial charge in [-0.05, 0) is 29.3 Å². The first-order valence-electron chi connectivity index (χ1n) is 6.02. The summed E-state index contributed by atoms with van der Waals surface area (Å²) in [6.07, 6.45) is 0. The fourth-order valence-corrected chi connectivity index (χ4v) is 2.06. The van der Waals surface area contributed by atoms with Crippen LogP contribution >= 0.6 is 23.2 Å². The molecule has 104 valence electrons. The van der Waals surface area contributed by atoms with Crippen molar-refractivity contribution < 1.29 is 9.90 Å². The quantitative estimate of drug-likeness (QED) is 0.909. The standard InChI is InChI=1S/C15H13Cl2NO2/c16-13-5-4-12(7-14(13)17)15(20)18-8-10-2-1-3-11(6-10)9-19/h1-7,19H,8-9H2,(H,18,20). The molecular formula is C15H13Cl2NO2. The van der Waals surface area contributed by atoms with E-state index < -0.39 is 0 Å². The Morgan fingerprint density at radius 2 is 1.80 bits per heavy atom. The van der Waals surface area contributed by atoms with Gasteiger partial charge in [0.05, 0.1) is 16.7 Å². The second kappa shape index (κ2) is 6.75. The number of aliphatic hydroxyl groups excluding tert-OH is 1. The topological polar surface area (TPSA) is 49.3 Å². The van der Waals surface area contributed by atoms with E-state index in [2.05, 4.69) is 5.32 Å². The van der Waals surface area contributed by atoms with Gasteiger partial charge in [0.15, 0.2) is 0 Å². The summed E-state index contributed by atoms with van der Waals surface area (Å²) >= 11 is 11.7. The first-order valence-corrected chi connectivity index (χ1v) is 6.77.